The fourth-order valence-electron chi connectivity index (χ4n) is 5.17. The molecule has 4 rings (SSSR count). The Kier molecular flexibility index (Phi) is 2.92. The van der Waals surface area contributed by atoms with Crippen LogP contribution in [-0.2, 0) is 4.79 Å². The Hall–Kier alpha value is -1.62. The number of fused-ring (bicyclic) bond motifs is 4. The lowest BCUT2D eigenvalue weighted by atomic mass is 9.73. The van der Waals surface area contributed by atoms with Gasteiger partial charge in [-0.3, -0.25) is 4.79 Å². The minimum atomic E-state index is 0.126. The van der Waals surface area contributed by atoms with Crippen LogP contribution in [0.4, 0.5) is 0 Å². The van der Waals surface area contributed by atoms with Gasteiger partial charge in [0.15, 0.2) is 0 Å². The average molecular weight is 279 g/mol. The smallest absolute Gasteiger partial charge is 0.140 e. The SMILES string of the molecule is C/C(C#N)=C/[C@H]1[C@@H](C(=O)[C@@H]2C[C@H]3C=C[C@@H]2C3)[C@@H]2C=C[C@H]1C2. The van der Waals surface area contributed by atoms with Crippen molar-refractivity contribution in [1.82, 2.24) is 0 Å². The summed E-state index contributed by atoms with van der Waals surface area (Å²) >= 11 is 0. The molecule has 7 atom stereocenters. The third kappa shape index (κ3) is 1.94. The second-order valence-electron chi connectivity index (χ2n) is 7.30. The van der Waals surface area contributed by atoms with Crippen LogP contribution in [0.15, 0.2) is 36.0 Å². The predicted molar refractivity (Wildman–Crippen MR) is 80.9 cm³/mol. The molecule has 0 aliphatic heterocycles. The maximum Gasteiger partial charge on any atom is 0.140 e. The summed E-state index contributed by atoms with van der Waals surface area (Å²) in [7, 11) is 0. The molecule has 4 aliphatic carbocycles. The molecule has 0 aromatic carbocycles. The van der Waals surface area contributed by atoms with Crippen molar-refractivity contribution in [2.75, 3.05) is 0 Å². The lowest BCUT2D eigenvalue weighted by Gasteiger charge is -2.29. The molecule has 0 radical (unpaired) electrons. The van der Waals surface area contributed by atoms with Crippen molar-refractivity contribution < 1.29 is 4.79 Å². The summed E-state index contributed by atoms with van der Waals surface area (Å²) in [5.41, 5.74) is 0.756. The fraction of sp³-hybridized carbons (Fsp3) is 0.579. The first-order valence-electron chi connectivity index (χ1n) is 8.16. The van der Waals surface area contributed by atoms with Crippen LogP contribution in [0.2, 0.25) is 0 Å². The van der Waals surface area contributed by atoms with E-state index >= 15 is 0 Å². The van der Waals surface area contributed by atoms with Gasteiger partial charge in [0.05, 0.1) is 6.07 Å². The Balaban J connectivity index is 1.61. The first kappa shape index (κ1) is 13.1. The Bertz CT molecular complexity index is 606. The Labute approximate surface area is 126 Å². The van der Waals surface area contributed by atoms with Gasteiger partial charge in [0.1, 0.15) is 5.78 Å². The number of hydrogen-bond donors (Lipinski definition) is 0. The number of allylic oxidation sites excluding steroid dienone is 6. The molecule has 0 spiro atoms. The molecule has 0 aromatic heterocycles. The van der Waals surface area contributed by atoms with Crippen LogP contribution in [0.3, 0.4) is 0 Å². The summed E-state index contributed by atoms with van der Waals surface area (Å²) in [6.07, 6.45) is 14.5. The summed E-state index contributed by atoms with van der Waals surface area (Å²) in [5, 5.41) is 9.06. The van der Waals surface area contributed by atoms with Crippen molar-refractivity contribution in [3.63, 3.8) is 0 Å². The molecule has 2 saturated carbocycles. The van der Waals surface area contributed by atoms with E-state index in [0.717, 1.165) is 18.4 Å². The van der Waals surface area contributed by atoms with E-state index in [1.807, 2.05) is 6.92 Å². The molecule has 0 heterocycles. The predicted octanol–water partition coefficient (Wildman–Crippen LogP) is 3.68. The molecule has 0 N–H and O–H groups in total. The normalized spacial score (nSPS) is 46.3. The van der Waals surface area contributed by atoms with Crippen molar-refractivity contribution in [2.24, 2.45) is 41.4 Å². The zero-order chi connectivity index (χ0) is 14.6. The maximum absolute atomic E-state index is 13.1. The highest BCUT2D eigenvalue weighted by atomic mass is 16.1. The van der Waals surface area contributed by atoms with E-state index < -0.39 is 0 Å². The minimum absolute atomic E-state index is 0.126. The van der Waals surface area contributed by atoms with Crippen LogP contribution in [0.25, 0.3) is 0 Å². The van der Waals surface area contributed by atoms with Crippen molar-refractivity contribution in [2.45, 2.75) is 26.2 Å². The highest BCUT2D eigenvalue weighted by Crippen LogP contribution is 2.53. The topological polar surface area (TPSA) is 40.9 Å². The summed E-state index contributed by atoms with van der Waals surface area (Å²) in [4.78, 5) is 13.1. The fourth-order valence-corrected chi connectivity index (χ4v) is 5.17. The zero-order valence-electron chi connectivity index (χ0n) is 12.4. The van der Waals surface area contributed by atoms with Crippen molar-refractivity contribution >= 4 is 5.78 Å². The number of nitrogens with zero attached hydrogens (tertiary/aromatic N) is 1. The van der Waals surface area contributed by atoms with Crippen molar-refractivity contribution in [3.05, 3.63) is 36.0 Å². The number of ketones is 1. The largest absolute Gasteiger partial charge is 0.299 e. The molecule has 2 fully saturated rings. The van der Waals surface area contributed by atoms with Gasteiger partial charge in [-0.25, -0.2) is 0 Å². The number of rotatable bonds is 3. The Morgan fingerprint density at radius 1 is 1.10 bits per heavy atom. The van der Waals surface area contributed by atoms with E-state index in [1.165, 1.54) is 6.42 Å². The van der Waals surface area contributed by atoms with Crippen LogP contribution in [0.1, 0.15) is 26.2 Å². The van der Waals surface area contributed by atoms with Gasteiger partial charge in [-0.2, -0.15) is 5.26 Å². The van der Waals surface area contributed by atoms with E-state index in [9.17, 15) is 4.79 Å². The standard InChI is InChI=1S/C19H21NO/c1-11(10-20)6-16-14-4-5-15(9-14)18(16)19(21)17-8-12-2-3-13(17)7-12/h2-6,12-18H,7-9H2,1H3/b11-6-/t12-,13+,14-,15+,16+,17+,18-/m0/s1. The van der Waals surface area contributed by atoms with Crippen LogP contribution >= 0.6 is 0 Å². The number of nitriles is 1. The molecule has 2 nitrogen and oxygen atoms in total. The van der Waals surface area contributed by atoms with E-state index in [0.29, 0.717) is 29.5 Å². The van der Waals surface area contributed by atoms with Crippen LogP contribution in [0.5, 0.6) is 0 Å². The van der Waals surface area contributed by atoms with Crippen LogP contribution < -0.4 is 0 Å². The van der Waals surface area contributed by atoms with E-state index in [4.69, 9.17) is 5.26 Å². The van der Waals surface area contributed by atoms with Crippen LogP contribution in [0, 0.1) is 52.8 Å². The molecule has 0 aromatic rings. The highest BCUT2D eigenvalue weighted by molar-refractivity contribution is 5.86. The second kappa shape index (κ2) is 4.70. The number of Topliss-reactive ketones (excluding diaryl/α,β-unsaturated/α-hetero) is 1. The third-order valence-electron chi connectivity index (χ3n) is 6.11. The molecule has 4 bridgehead atoms. The lowest BCUT2D eigenvalue weighted by molar-refractivity contribution is -0.129. The van der Waals surface area contributed by atoms with Gasteiger partial charge in [-0.05, 0) is 55.8 Å². The molecular formula is C19H21NO. The first-order valence-corrected chi connectivity index (χ1v) is 8.16. The minimum Gasteiger partial charge on any atom is -0.299 e. The van der Waals surface area contributed by atoms with Crippen LogP contribution in [-0.4, -0.2) is 5.78 Å². The highest BCUT2D eigenvalue weighted by Gasteiger charge is 2.51. The molecule has 4 aliphatic rings. The molecule has 0 amide bonds. The first-order chi connectivity index (χ1) is 10.2. The number of carbonyl (C=O) groups excluding carboxylic acids is 1. The summed E-state index contributed by atoms with van der Waals surface area (Å²) in [6, 6.07) is 2.22. The molecule has 2 heteroatoms. The molecule has 0 unspecified atom stereocenters. The molecule has 21 heavy (non-hydrogen) atoms. The second-order valence-corrected chi connectivity index (χ2v) is 7.30. The zero-order valence-corrected chi connectivity index (χ0v) is 12.4. The number of carbonyl (C=O) groups is 1. The van der Waals surface area contributed by atoms with Crippen molar-refractivity contribution in [3.8, 4) is 6.07 Å². The van der Waals surface area contributed by atoms with E-state index in [1.54, 1.807) is 0 Å². The number of hydrogen-bond acceptors (Lipinski definition) is 2. The Morgan fingerprint density at radius 3 is 2.52 bits per heavy atom. The van der Waals surface area contributed by atoms with Gasteiger partial charge in [-0.1, -0.05) is 30.4 Å². The monoisotopic (exact) mass is 279 g/mol. The van der Waals surface area contributed by atoms with Gasteiger partial charge in [0.25, 0.3) is 0 Å². The van der Waals surface area contributed by atoms with Crippen molar-refractivity contribution in [1.29, 1.82) is 5.26 Å². The maximum atomic E-state index is 13.1. The summed E-state index contributed by atoms with van der Waals surface area (Å²) < 4.78 is 0. The van der Waals surface area contributed by atoms with Gasteiger partial charge >= 0.3 is 0 Å². The summed E-state index contributed by atoms with van der Waals surface area (Å²) in [6.45, 7) is 1.86. The van der Waals surface area contributed by atoms with Gasteiger partial charge in [-0.15, -0.1) is 0 Å². The van der Waals surface area contributed by atoms with Gasteiger partial charge in [0.2, 0.25) is 0 Å². The van der Waals surface area contributed by atoms with E-state index in [-0.39, 0.29) is 17.8 Å². The third-order valence-corrected chi connectivity index (χ3v) is 6.11. The molecule has 108 valence electrons. The Morgan fingerprint density at radius 2 is 1.86 bits per heavy atom. The quantitative estimate of drug-likeness (QED) is 0.584. The van der Waals surface area contributed by atoms with Gasteiger partial charge < -0.3 is 0 Å². The van der Waals surface area contributed by atoms with Gasteiger partial charge in [0, 0.05) is 17.4 Å². The summed E-state index contributed by atoms with van der Waals surface area (Å²) in [5.74, 6) is 3.14. The molecular weight excluding hydrogens is 258 g/mol. The van der Waals surface area contributed by atoms with E-state index in [2.05, 4.69) is 36.4 Å². The molecule has 0 saturated heterocycles. The lowest BCUT2D eigenvalue weighted by Crippen LogP contribution is -2.33. The average Bonchev–Trinajstić information content (AvgIpc) is 3.25.